The summed E-state index contributed by atoms with van der Waals surface area (Å²) in [5, 5.41) is 0. The van der Waals surface area contributed by atoms with Gasteiger partial charge in [-0.05, 0) is 37.5 Å². The lowest BCUT2D eigenvalue weighted by Gasteiger charge is -2.12. The Morgan fingerprint density at radius 1 is 1.11 bits per heavy atom. The maximum atomic E-state index is 5.94. The molecule has 19 heavy (non-hydrogen) atoms. The molecule has 2 rings (SSSR count). The van der Waals surface area contributed by atoms with Gasteiger partial charge in [0, 0.05) is 16.7 Å². The van der Waals surface area contributed by atoms with Crippen molar-refractivity contribution in [2.75, 3.05) is 0 Å². The highest BCUT2D eigenvalue weighted by Gasteiger charge is 2.06. The molecule has 2 aromatic carbocycles. The molecular formula is C17H21NS. The standard InChI is InChI=1S/C17H21NS/c1-13-8-9-17(16(10-13)11-14(2)18)19-12-15-6-4-3-5-7-15/h3-10,14H,11-12,18H2,1-2H3. The summed E-state index contributed by atoms with van der Waals surface area (Å²) in [6.45, 7) is 4.20. The summed E-state index contributed by atoms with van der Waals surface area (Å²) < 4.78 is 0. The Morgan fingerprint density at radius 3 is 2.53 bits per heavy atom. The van der Waals surface area contributed by atoms with Gasteiger partial charge in [-0.2, -0.15) is 0 Å². The minimum Gasteiger partial charge on any atom is -0.328 e. The van der Waals surface area contributed by atoms with Crippen molar-refractivity contribution in [2.24, 2.45) is 5.73 Å². The van der Waals surface area contributed by atoms with Crippen LogP contribution in [0.15, 0.2) is 53.4 Å². The highest BCUT2D eigenvalue weighted by Crippen LogP contribution is 2.27. The normalized spacial score (nSPS) is 12.4. The van der Waals surface area contributed by atoms with Gasteiger partial charge in [-0.25, -0.2) is 0 Å². The van der Waals surface area contributed by atoms with E-state index in [-0.39, 0.29) is 6.04 Å². The molecule has 100 valence electrons. The molecule has 1 atom stereocenters. The maximum absolute atomic E-state index is 5.94. The van der Waals surface area contributed by atoms with Crippen LogP contribution < -0.4 is 5.73 Å². The number of benzene rings is 2. The van der Waals surface area contributed by atoms with Crippen molar-refractivity contribution >= 4 is 11.8 Å². The average Bonchev–Trinajstić information content (AvgIpc) is 2.38. The zero-order chi connectivity index (χ0) is 13.7. The van der Waals surface area contributed by atoms with E-state index in [2.05, 4.69) is 62.4 Å². The summed E-state index contributed by atoms with van der Waals surface area (Å²) in [5.41, 5.74) is 9.98. The molecule has 0 aliphatic heterocycles. The number of thioether (sulfide) groups is 1. The van der Waals surface area contributed by atoms with Crippen LogP contribution in [0, 0.1) is 6.92 Å². The van der Waals surface area contributed by atoms with E-state index in [1.807, 2.05) is 11.8 Å². The molecule has 0 bridgehead atoms. The van der Waals surface area contributed by atoms with Gasteiger partial charge in [-0.3, -0.25) is 0 Å². The lowest BCUT2D eigenvalue weighted by molar-refractivity contribution is 0.729. The molecule has 0 fully saturated rings. The van der Waals surface area contributed by atoms with E-state index in [0.717, 1.165) is 12.2 Å². The van der Waals surface area contributed by atoms with Crippen molar-refractivity contribution in [2.45, 2.75) is 37.0 Å². The van der Waals surface area contributed by atoms with Crippen LogP contribution in [0.4, 0.5) is 0 Å². The molecule has 0 heterocycles. The molecular weight excluding hydrogens is 250 g/mol. The minimum absolute atomic E-state index is 0.206. The van der Waals surface area contributed by atoms with E-state index in [1.54, 1.807) is 0 Å². The Labute approximate surface area is 120 Å². The van der Waals surface area contributed by atoms with Gasteiger partial charge in [-0.15, -0.1) is 11.8 Å². The number of rotatable bonds is 5. The fraction of sp³-hybridized carbons (Fsp3) is 0.294. The predicted octanol–water partition coefficient (Wildman–Crippen LogP) is 4.18. The highest BCUT2D eigenvalue weighted by atomic mass is 32.2. The van der Waals surface area contributed by atoms with E-state index in [1.165, 1.54) is 21.6 Å². The average molecular weight is 271 g/mol. The summed E-state index contributed by atoms with van der Waals surface area (Å²) in [4.78, 5) is 1.35. The van der Waals surface area contributed by atoms with Gasteiger partial charge in [0.15, 0.2) is 0 Å². The van der Waals surface area contributed by atoms with E-state index in [9.17, 15) is 0 Å². The molecule has 0 aliphatic carbocycles. The van der Waals surface area contributed by atoms with Crippen molar-refractivity contribution in [1.29, 1.82) is 0 Å². The SMILES string of the molecule is Cc1ccc(SCc2ccccc2)c(CC(C)N)c1. The lowest BCUT2D eigenvalue weighted by Crippen LogP contribution is -2.18. The quantitative estimate of drug-likeness (QED) is 0.826. The molecule has 0 saturated carbocycles. The van der Waals surface area contributed by atoms with Gasteiger partial charge in [0.1, 0.15) is 0 Å². The smallest absolute Gasteiger partial charge is 0.0232 e. The molecule has 1 unspecified atom stereocenters. The Hall–Kier alpha value is -1.25. The topological polar surface area (TPSA) is 26.0 Å². The number of nitrogens with two attached hydrogens (primary N) is 1. The molecule has 0 amide bonds. The van der Waals surface area contributed by atoms with Gasteiger partial charge in [0.05, 0.1) is 0 Å². The molecule has 0 aromatic heterocycles. The first-order chi connectivity index (χ1) is 9.15. The van der Waals surface area contributed by atoms with Gasteiger partial charge in [0.25, 0.3) is 0 Å². The second-order valence-corrected chi connectivity index (χ2v) is 6.08. The monoisotopic (exact) mass is 271 g/mol. The zero-order valence-corrected chi connectivity index (χ0v) is 12.4. The van der Waals surface area contributed by atoms with Gasteiger partial charge in [0.2, 0.25) is 0 Å². The molecule has 0 aliphatic rings. The molecule has 2 N–H and O–H groups in total. The Balaban J connectivity index is 2.11. The van der Waals surface area contributed by atoms with Crippen molar-refractivity contribution < 1.29 is 0 Å². The first-order valence-corrected chi connectivity index (χ1v) is 7.65. The largest absolute Gasteiger partial charge is 0.328 e. The molecule has 2 heteroatoms. The third kappa shape index (κ3) is 4.41. The van der Waals surface area contributed by atoms with Gasteiger partial charge < -0.3 is 5.73 Å². The predicted molar refractivity (Wildman–Crippen MR) is 84.5 cm³/mol. The fourth-order valence-electron chi connectivity index (χ4n) is 2.09. The number of aryl methyl sites for hydroxylation is 1. The van der Waals surface area contributed by atoms with Crippen molar-refractivity contribution in [1.82, 2.24) is 0 Å². The third-order valence-electron chi connectivity index (χ3n) is 3.00. The van der Waals surface area contributed by atoms with E-state index < -0.39 is 0 Å². The van der Waals surface area contributed by atoms with Crippen LogP contribution in [0.2, 0.25) is 0 Å². The van der Waals surface area contributed by atoms with E-state index in [0.29, 0.717) is 0 Å². The van der Waals surface area contributed by atoms with E-state index in [4.69, 9.17) is 5.73 Å². The lowest BCUT2D eigenvalue weighted by atomic mass is 10.1. The van der Waals surface area contributed by atoms with Gasteiger partial charge >= 0.3 is 0 Å². The molecule has 1 nitrogen and oxygen atoms in total. The summed E-state index contributed by atoms with van der Waals surface area (Å²) in [7, 11) is 0. The maximum Gasteiger partial charge on any atom is 0.0232 e. The molecule has 2 aromatic rings. The third-order valence-corrected chi connectivity index (χ3v) is 4.18. The van der Waals surface area contributed by atoms with Crippen molar-refractivity contribution in [3.8, 4) is 0 Å². The van der Waals surface area contributed by atoms with Crippen LogP contribution in [0.3, 0.4) is 0 Å². The van der Waals surface area contributed by atoms with Crippen molar-refractivity contribution in [3.63, 3.8) is 0 Å². The summed E-state index contributed by atoms with van der Waals surface area (Å²) in [6.07, 6.45) is 0.943. The van der Waals surface area contributed by atoms with Crippen LogP contribution in [-0.4, -0.2) is 6.04 Å². The fourth-order valence-corrected chi connectivity index (χ4v) is 3.10. The summed E-state index contributed by atoms with van der Waals surface area (Å²) in [5.74, 6) is 1.01. The second-order valence-electron chi connectivity index (χ2n) is 5.07. The van der Waals surface area contributed by atoms with Crippen LogP contribution in [0.1, 0.15) is 23.6 Å². The molecule has 0 radical (unpaired) electrons. The second kappa shape index (κ2) is 6.78. The van der Waals surface area contributed by atoms with Crippen LogP contribution >= 0.6 is 11.8 Å². The minimum atomic E-state index is 0.206. The summed E-state index contributed by atoms with van der Waals surface area (Å²) >= 11 is 1.90. The first kappa shape index (κ1) is 14.2. The molecule has 0 spiro atoms. The number of hydrogen-bond acceptors (Lipinski definition) is 2. The highest BCUT2D eigenvalue weighted by molar-refractivity contribution is 7.98. The Morgan fingerprint density at radius 2 is 1.84 bits per heavy atom. The number of hydrogen-bond donors (Lipinski definition) is 1. The zero-order valence-electron chi connectivity index (χ0n) is 11.6. The van der Waals surface area contributed by atoms with Crippen LogP contribution in [-0.2, 0) is 12.2 Å². The van der Waals surface area contributed by atoms with E-state index >= 15 is 0 Å². The van der Waals surface area contributed by atoms with Crippen molar-refractivity contribution in [3.05, 3.63) is 65.2 Å². The van der Waals surface area contributed by atoms with Crippen LogP contribution in [0.25, 0.3) is 0 Å². The van der Waals surface area contributed by atoms with Crippen LogP contribution in [0.5, 0.6) is 0 Å². The Kier molecular flexibility index (Phi) is 5.06. The summed E-state index contributed by atoms with van der Waals surface area (Å²) in [6, 6.07) is 17.5. The van der Waals surface area contributed by atoms with Gasteiger partial charge in [-0.1, -0.05) is 48.0 Å². The Bertz CT molecular complexity index is 520. The molecule has 0 saturated heterocycles. The first-order valence-electron chi connectivity index (χ1n) is 6.67.